The fourth-order valence-corrected chi connectivity index (χ4v) is 8.01. The number of phosphoric ester groups is 3. The third-order valence-corrected chi connectivity index (χ3v) is 11.2. The molecule has 1 aliphatic heterocycles. The topological polar surface area (TPSA) is 401 Å². The van der Waals surface area contributed by atoms with E-state index in [2.05, 4.69) is 34.4 Å². The van der Waals surface area contributed by atoms with E-state index < -0.39 is 90.5 Å². The summed E-state index contributed by atoms with van der Waals surface area (Å²) in [5, 5.41) is 34.8. The van der Waals surface area contributed by atoms with Crippen LogP contribution in [0, 0.1) is 5.41 Å². The molecule has 29 heteroatoms. The number of Topliss-reactive ketones (excluding diaryl/α,β-unsaturated/α-hetero) is 1. The van der Waals surface area contributed by atoms with Crippen LogP contribution >= 0.6 is 23.5 Å². The number of unbranched alkanes of at least 4 members (excludes halogenated alkanes) is 2. The van der Waals surface area contributed by atoms with Crippen molar-refractivity contribution in [3.63, 3.8) is 0 Å². The molecule has 11 N–H and O–H groups in total. The van der Waals surface area contributed by atoms with Crippen LogP contribution in [0.2, 0.25) is 0 Å². The van der Waals surface area contributed by atoms with E-state index >= 15 is 0 Å². The maximum atomic E-state index is 12.7. The summed E-state index contributed by atoms with van der Waals surface area (Å²) in [6.45, 7) is 0.205. The number of aliphatic carboxylic acids is 1. The van der Waals surface area contributed by atoms with Gasteiger partial charge in [-0.3, -0.25) is 37.3 Å². The van der Waals surface area contributed by atoms with Crippen molar-refractivity contribution < 1.29 is 90.4 Å². The number of carboxylic acid groups (broad SMARTS) is 1. The predicted octanol–water partition coefficient (Wildman–Crippen LogP) is -0.601. The summed E-state index contributed by atoms with van der Waals surface area (Å²) in [5.74, 6) is -2.59. The number of nitrogens with two attached hydrogens (primary N) is 1. The normalized spacial score (nSPS) is 21.4. The first kappa shape index (κ1) is 48.1. The molecule has 2 aromatic heterocycles. The van der Waals surface area contributed by atoms with Gasteiger partial charge >= 0.3 is 29.4 Å². The fraction of sp³-hybridized carbons (Fsp3) is 0.679. The lowest BCUT2D eigenvalue weighted by molar-refractivity contribution is -0.137. The molecule has 2 aromatic rings. The number of rotatable bonds is 25. The Morgan fingerprint density at radius 3 is 2.26 bits per heavy atom. The Morgan fingerprint density at radius 1 is 0.947 bits per heavy atom. The van der Waals surface area contributed by atoms with Crippen molar-refractivity contribution in [3.8, 4) is 0 Å². The molecule has 0 saturated carbocycles. The molecular weight excluding hydrogens is 831 g/mol. The number of ether oxygens (including phenoxy) is 1. The Balaban J connectivity index is 1.46. The van der Waals surface area contributed by atoms with Crippen molar-refractivity contribution in [2.24, 2.45) is 5.41 Å². The van der Waals surface area contributed by atoms with Crippen LogP contribution in [0.1, 0.15) is 65.0 Å². The van der Waals surface area contributed by atoms with Gasteiger partial charge in [0.05, 0.1) is 19.5 Å². The lowest BCUT2D eigenvalue weighted by Gasteiger charge is -2.30. The minimum Gasteiger partial charge on any atom is -0.481 e. The fourth-order valence-electron chi connectivity index (χ4n) is 5.18. The van der Waals surface area contributed by atoms with Gasteiger partial charge in [0.15, 0.2) is 17.7 Å². The van der Waals surface area contributed by atoms with E-state index in [0.717, 1.165) is 17.2 Å². The highest BCUT2D eigenvalue weighted by Crippen LogP contribution is 2.61. The summed E-state index contributed by atoms with van der Waals surface area (Å²) in [6.07, 6.45) is -5.16. The van der Waals surface area contributed by atoms with Crippen LogP contribution < -0.4 is 16.4 Å². The maximum absolute atomic E-state index is 12.7. The number of nitrogens with zero attached hydrogens (tertiary/aromatic N) is 4. The monoisotopic (exact) mass is 877 g/mol. The Hall–Kier alpha value is -3.32. The van der Waals surface area contributed by atoms with E-state index in [-0.39, 0.29) is 61.5 Å². The number of phosphoric acid groups is 3. The molecule has 57 heavy (non-hydrogen) atoms. The molecule has 7 unspecified atom stereocenters. The molecule has 322 valence electrons. The van der Waals surface area contributed by atoms with Crippen LogP contribution in [0.15, 0.2) is 12.7 Å². The van der Waals surface area contributed by atoms with Crippen LogP contribution in [-0.4, -0.2) is 129 Å². The molecule has 3 rings (SSSR count). The number of hydrogen-bond acceptors (Lipinski definition) is 18. The van der Waals surface area contributed by atoms with Crippen molar-refractivity contribution in [1.29, 1.82) is 0 Å². The molecule has 2 amide bonds. The summed E-state index contributed by atoms with van der Waals surface area (Å²) >= 11 is 0. The number of aliphatic hydroxyl groups is 2. The second-order valence-corrected chi connectivity index (χ2v) is 17.5. The quantitative estimate of drug-likeness (QED) is 0.0440. The molecule has 7 atom stereocenters. The van der Waals surface area contributed by atoms with Crippen LogP contribution in [0.4, 0.5) is 5.82 Å². The number of amides is 2. The van der Waals surface area contributed by atoms with Gasteiger partial charge in [0.25, 0.3) is 0 Å². The predicted molar refractivity (Wildman–Crippen MR) is 190 cm³/mol. The Labute approximate surface area is 323 Å². The minimum absolute atomic E-state index is 0.0216. The maximum Gasteiger partial charge on any atom is 0.481 e. The van der Waals surface area contributed by atoms with Gasteiger partial charge in [0, 0.05) is 44.2 Å². The first-order valence-corrected chi connectivity index (χ1v) is 21.6. The van der Waals surface area contributed by atoms with Crippen molar-refractivity contribution in [2.75, 3.05) is 32.0 Å². The third-order valence-electron chi connectivity index (χ3n) is 8.15. The first-order valence-electron chi connectivity index (χ1n) is 17.0. The Bertz CT molecular complexity index is 1880. The van der Waals surface area contributed by atoms with Gasteiger partial charge in [-0.05, 0) is 12.8 Å². The number of carboxylic acids is 1. The molecule has 1 saturated heterocycles. The highest BCUT2D eigenvalue weighted by atomic mass is 31.3. The highest BCUT2D eigenvalue weighted by Gasteiger charge is 2.50. The number of imidazole rings is 1. The van der Waals surface area contributed by atoms with Crippen LogP contribution in [0.25, 0.3) is 11.2 Å². The highest BCUT2D eigenvalue weighted by molar-refractivity contribution is 7.61. The summed E-state index contributed by atoms with van der Waals surface area (Å²) in [4.78, 5) is 97.9. The summed E-state index contributed by atoms with van der Waals surface area (Å²) < 4.78 is 62.0. The number of aliphatic hydroxyl groups excluding tert-OH is 2. The zero-order valence-electron chi connectivity index (χ0n) is 30.6. The molecule has 26 nitrogen and oxygen atoms in total. The summed E-state index contributed by atoms with van der Waals surface area (Å²) in [5.41, 5.74) is 4.21. The first-order chi connectivity index (χ1) is 26.4. The van der Waals surface area contributed by atoms with Gasteiger partial charge < -0.3 is 56.0 Å². The average Bonchev–Trinajstić information content (AvgIpc) is 3.66. The second kappa shape index (κ2) is 20.6. The number of aromatic nitrogens is 4. The molecule has 1 fully saturated rings. The van der Waals surface area contributed by atoms with Crippen molar-refractivity contribution in [3.05, 3.63) is 12.7 Å². The average molecular weight is 878 g/mol. The number of nitrogen functional groups attached to an aromatic ring is 1. The standard InChI is InChI=1S/C28H46N7O19P3/c1-28(2,23(41)26(42)31-11-9-18(37)30-10-8-16(36)6-4-3-5-7-19(38)39)13-51-57(48,49)54-56(46,47)50-12-17-22(53-55(43,44)45)21(40)27(52-17)35-15-34-20-24(29)32-14-33-25(20)35/h14-15,17,21-23,27,40-41H,3-13H2,1-2H3,(H,30,37)(H,31,42)(H,38,39)(H,46,47)(H,48,49)(H2,29,32,33)(H2,43,44,45). The van der Waals surface area contributed by atoms with Crippen LogP contribution in [0.5, 0.6) is 0 Å². The van der Waals surface area contributed by atoms with E-state index in [4.69, 9.17) is 24.6 Å². The van der Waals surface area contributed by atoms with Crippen LogP contribution in [0.3, 0.4) is 0 Å². The Morgan fingerprint density at radius 2 is 1.60 bits per heavy atom. The minimum atomic E-state index is -5.59. The van der Waals surface area contributed by atoms with E-state index in [1.54, 1.807) is 0 Å². The molecule has 0 radical (unpaired) electrons. The lowest BCUT2D eigenvalue weighted by Crippen LogP contribution is -2.46. The second-order valence-electron chi connectivity index (χ2n) is 13.3. The van der Waals surface area contributed by atoms with Gasteiger partial charge in [-0.15, -0.1) is 0 Å². The van der Waals surface area contributed by atoms with Crippen LogP contribution in [-0.2, 0) is 55.5 Å². The zero-order chi connectivity index (χ0) is 42.8. The smallest absolute Gasteiger partial charge is 0.481 e. The third kappa shape index (κ3) is 15.4. The lowest BCUT2D eigenvalue weighted by atomic mass is 9.87. The molecule has 0 bridgehead atoms. The zero-order valence-corrected chi connectivity index (χ0v) is 33.2. The van der Waals surface area contributed by atoms with Gasteiger partial charge in [-0.25, -0.2) is 28.6 Å². The van der Waals surface area contributed by atoms with E-state index in [9.17, 15) is 62.7 Å². The molecule has 3 heterocycles. The SMILES string of the molecule is CC(C)(COP(=O)(O)OP(=O)(O)OCC1OC(n2cnc3c(N)ncnc32)C(O)C1OP(=O)(O)O)C(O)C(=O)NCCC(=O)NCCC(=O)CCCCCC(=O)O. The van der Waals surface area contributed by atoms with E-state index in [1.165, 1.54) is 13.8 Å². The number of ketones is 1. The largest absolute Gasteiger partial charge is 0.481 e. The van der Waals surface area contributed by atoms with E-state index in [1.807, 2.05) is 0 Å². The number of anilines is 1. The molecule has 0 aliphatic carbocycles. The number of nitrogens with one attached hydrogen (secondary N) is 2. The molecular formula is C28H46N7O19P3. The molecule has 1 aliphatic rings. The summed E-state index contributed by atoms with van der Waals surface area (Å²) in [6, 6.07) is 0. The van der Waals surface area contributed by atoms with Crippen molar-refractivity contribution in [1.82, 2.24) is 30.2 Å². The number of hydrogen-bond donors (Lipinski definition) is 10. The molecule has 0 spiro atoms. The van der Waals surface area contributed by atoms with E-state index in [0.29, 0.717) is 19.3 Å². The van der Waals surface area contributed by atoms with Gasteiger partial charge in [0.1, 0.15) is 42.0 Å². The number of carbonyl (C=O) groups excluding carboxylic acids is 3. The number of fused-ring (bicyclic) bond motifs is 1. The summed E-state index contributed by atoms with van der Waals surface area (Å²) in [7, 11) is -16.4. The number of carbonyl (C=O) groups is 4. The van der Waals surface area contributed by atoms with Crippen molar-refractivity contribution in [2.45, 2.75) is 89.4 Å². The van der Waals surface area contributed by atoms with Gasteiger partial charge in [-0.2, -0.15) is 4.31 Å². The van der Waals surface area contributed by atoms with Gasteiger partial charge in [0.2, 0.25) is 11.8 Å². The van der Waals surface area contributed by atoms with Gasteiger partial charge in [-0.1, -0.05) is 20.3 Å². The Kier molecular flexibility index (Phi) is 17.4. The molecule has 0 aromatic carbocycles. The van der Waals surface area contributed by atoms with Crippen molar-refractivity contribution >= 4 is 64.0 Å².